The first-order valence-corrected chi connectivity index (χ1v) is 10.3. The average Bonchev–Trinajstić information content (AvgIpc) is 2.87. The molecule has 4 aromatic heterocycles. The summed E-state index contributed by atoms with van der Waals surface area (Å²) >= 11 is 0. The summed E-state index contributed by atoms with van der Waals surface area (Å²) in [5.41, 5.74) is 1.14. The Morgan fingerprint density at radius 1 is 0.455 bits per heavy atom. The fraction of sp³-hybridized carbons (Fsp3) is 0. The summed E-state index contributed by atoms with van der Waals surface area (Å²) in [5, 5.41) is 0. The first kappa shape index (κ1) is 20.3. The second kappa shape index (κ2) is 9.23. The number of hydrogen-bond donors (Lipinski definition) is 0. The Labute approximate surface area is 190 Å². The fourth-order valence-electron chi connectivity index (χ4n) is 3.53. The van der Waals surface area contributed by atoms with E-state index in [0.29, 0.717) is 34.6 Å². The Morgan fingerprint density at radius 2 is 0.788 bits per heavy atom. The van der Waals surface area contributed by atoms with E-state index in [0.717, 1.165) is 0 Å². The number of halogens is 1. The lowest BCUT2D eigenvalue weighted by Gasteiger charge is -2.27. The number of nitrogens with zero attached hydrogens (tertiary/aromatic N) is 6. The van der Waals surface area contributed by atoms with Crippen molar-refractivity contribution in [3.8, 4) is 0 Å². The maximum Gasteiger partial charge on any atom is 0.138 e. The van der Waals surface area contributed by atoms with Crippen molar-refractivity contribution in [2.24, 2.45) is 0 Å². The summed E-state index contributed by atoms with van der Waals surface area (Å²) in [6.07, 6.45) is 6.78. The molecule has 0 amide bonds. The van der Waals surface area contributed by atoms with Crippen LogP contribution in [0, 0.1) is 5.82 Å². The molecule has 0 radical (unpaired) electrons. The summed E-state index contributed by atoms with van der Waals surface area (Å²) in [4.78, 5) is 21.5. The Hall–Kier alpha value is -4.65. The smallest absolute Gasteiger partial charge is 0.138 e. The Kier molecular flexibility index (Phi) is 5.67. The lowest BCUT2D eigenvalue weighted by molar-refractivity contribution is 0.628. The number of hydrogen-bond acceptors (Lipinski definition) is 6. The van der Waals surface area contributed by atoms with Crippen LogP contribution in [0.5, 0.6) is 0 Å². The molecule has 5 rings (SSSR count). The number of pyridine rings is 4. The molecule has 7 heteroatoms. The fourth-order valence-corrected chi connectivity index (χ4v) is 3.53. The zero-order valence-electron chi connectivity index (χ0n) is 17.5. The minimum atomic E-state index is -0.406. The van der Waals surface area contributed by atoms with E-state index in [1.165, 1.54) is 12.1 Å². The predicted molar refractivity (Wildman–Crippen MR) is 127 cm³/mol. The third-order valence-corrected chi connectivity index (χ3v) is 4.90. The van der Waals surface area contributed by atoms with Crippen LogP contribution in [0.3, 0.4) is 0 Å². The standard InChI is InChI=1S/C26H19FN6/c27-20-17-21(32(23-9-1-5-13-28-23)24-10-2-6-14-29-24)19-22(18-20)33(25-11-3-7-15-30-25)26-12-4-8-16-31-26/h1-19H. The van der Waals surface area contributed by atoms with E-state index < -0.39 is 5.82 Å². The molecule has 160 valence electrons. The third-order valence-electron chi connectivity index (χ3n) is 4.90. The van der Waals surface area contributed by atoms with Gasteiger partial charge in [0, 0.05) is 24.8 Å². The van der Waals surface area contributed by atoms with Crippen LogP contribution >= 0.6 is 0 Å². The third kappa shape index (κ3) is 4.38. The first-order chi connectivity index (χ1) is 16.3. The van der Waals surface area contributed by atoms with Gasteiger partial charge in [0.05, 0.1) is 11.4 Å². The molecule has 5 aromatic rings. The van der Waals surface area contributed by atoms with E-state index in [-0.39, 0.29) is 0 Å². The van der Waals surface area contributed by atoms with Crippen molar-refractivity contribution >= 4 is 34.6 Å². The molecule has 0 spiro atoms. The van der Waals surface area contributed by atoms with Crippen LogP contribution in [-0.4, -0.2) is 19.9 Å². The Balaban J connectivity index is 1.69. The first-order valence-electron chi connectivity index (χ1n) is 10.3. The molecule has 0 saturated heterocycles. The molecule has 33 heavy (non-hydrogen) atoms. The van der Waals surface area contributed by atoms with Crippen molar-refractivity contribution in [3.05, 3.63) is 122 Å². The van der Waals surface area contributed by atoms with Gasteiger partial charge in [0.2, 0.25) is 0 Å². The molecule has 0 N–H and O–H groups in total. The highest BCUT2D eigenvalue weighted by Gasteiger charge is 2.20. The predicted octanol–water partition coefficient (Wildman–Crippen LogP) is 6.35. The summed E-state index contributed by atoms with van der Waals surface area (Å²) in [7, 11) is 0. The largest absolute Gasteiger partial charge is 0.279 e. The molecular formula is C26H19FN6. The maximum atomic E-state index is 15.1. The molecule has 0 aliphatic heterocycles. The second-order valence-corrected chi connectivity index (χ2v) is 7.09. The number of aromatic nitrogens is 4. The quantitative estimate of drug-likeness (QED) is 0.311. The lowest BCUT2D eigenvalue weighted by atomic mass is 10.2. The lowest BCUT2D eigenvalue weighted by Crippen LogP contribution is -2.16. The van der Waals surface area contributed by atoms with Crippen LogP contribution in [0.4, 0.5) is 39.0 Å². The topological polar surface area (TPSA) is 58.0 Å². The molecule has 0 saturated carbocycles. The van der Waals surface area contributed by atoms with Gasteiger partial charge in [0.1, 0.15) is 29.1 Å². The highest BCUT2D eigenvalue weighted by molar-refractivity contribution is 5.79. The van der Waals surface area contributed by atoms with E-state index in [2.05, 4.69) is 19.9 Å². The molecule has 0 fully saturated rings. The van der Waals surface area contributed by atoms with Gasteiger partial charge in [0.15, 0.2) is 0 Å². The molecule has 1 aromatic carbocycles. The van der Waals surface area contributed by atoms with E-state index in [4.69, 9.17) is 0 Å². The minimum absolute atomic E-state index is 0.406. The van der Waals surface area contributed by atoms with Gasteiger partial charge in [-0.3, -0.25) is 9.80 Å². The summed E-state index contributed by atoms with van der Waals surface area (Å²) < 4.78 is 15.1. The van der Waals surface area contributed by atoms with Crippen molar-refractivity contribution in [3.63, 3.8) is 0 Å². The molecule has 0 bridgehead atoms. The SMILES string of the molecule is Fc1cc(N(c2ccccn2)c2ccccn2)cc(N(c2ccccn2)c2ccccn2)c1. The van der Waals surface area contributed by atoms with Gasteiger partial charge in [0.25, 0.3) is 0 Å². The highest BCUT2D eigenvalue weighted by Crippen LogP contribution is 2.38. The molecule has 0 unspecified atom stereocenters. The van der Waals surface area contributed by atoms with E-state index >= 15 is 4.39 Å². The average molecular weight is 434 g/mol. The van der Waals surface area contributed by atoms with Crippen LogP contribution < -0.4 is 9.80 Å². The zero-order chi connectivity index (χ0) is 22.5. The normalized spacial score (nSPS) is 10.6. The number of benzene rings is 1. The highest BCUT2D eigenvalue weighted by atomic mass is 19.1. The molecule has 0 aliphatic rings. The van der Waals surface area contributed by atoms with Gasteiger partial charge >= 0.3 is 0 Å². The summed E-state index contributed by atoms with van der Waals surface area (Å²) in [6.45, 7) is 0. The van der Waals surface area contributed by atoms with Crippen molar-refractivity contribution in [2.45, 2.75) is 0 Å². The van der Waals surface area contributed by atoms with E-state index in [1.54, 1.807) is 24.8 Å². The van der Waals surface area contributed by atoms with Crippen LogP contribution in [-0.2, 0) is 0 Å². The van der Waals surface area contributed by atoms with Crippen LogP contribution in [0.2, 0.25) is 0 Å². The van der Waals surface area contributed by atoms with Gasteiger partial charge in [-0.05, 0) is 66.7 Å². The Bertz CT molecular complexity index is 1140. The minimum Gasteiger partial charge on any atom is -0.279 e. The summed E-state index contributed by atoms with van der Waals surface area (Å²) in [5.74, 6) is 2.08. The van der Waals surface area contributed by atoms with Gasteiger partial charge < -0.3 is 0 Å². The van der Waals surface area contributed by atoms with Crippen molar-refractivity contribution < 1.29 is 4.39 Å². The molecule has 0 atom stereocenters. The van der Waals surface area contributed by atoms with Gasteiger partial charge in [-0.1, -0.05) is 24.3 Å². The van der Waals surface area contributed by atoms with E-state index in [1.807, 2.05) is 88.7 Å². The van der Waals surface area contributed by atoms with Crippen molar-refractivity contribution in [1.82, 2.24) is 19.9 Å². The van der Waals surface area contributed by atoms with Crippen LogP contribution in [0.25, 0.3) is 0 Å². The molecular weight excluding hydrogens is 415 g/mol. The zero-order valence-corrected chi connectivity index (χ0v) is 17.5. The Morgan fingerprint density at radius 3 is 1.06 bits per heavy atom. The molecule has 6 nitrogen and oxygen atoms in total. The van der Waals surface area contributed by atoms with Crippen molar-refractivity contribution in [2.75, 3.05) is 9.80 Å². The monoisotopic (exact) mass is 434 g/mol. The van der Waals surface area contributed by atoms with Crippen LogP contribution in [0.1, 0.15) is 0 Å². The van der Waals surface area contributed by atoms with E-state index in [9.17, 15) is 0 Å². The molecule has 4 heterocycles. The second-order valence-electron chi connectivity index (χ2n) is 7.09. The number of anilines is 6. The van der Waals surface area contributed by atoms with Crippen LogP contribution in [0.15, 0.2) is 116 Å². The number of rotatable bonds is 6. The van der Waals surface area contributed by atoms with Crippen molar-refractivity contribution in [1.29, 1.82) is 0 Å². The van der Waals surface area contributed by atoms with Gasteiger partial charge in [-0.15, -0.1) is 0 Å². The van der Waals surface area contributed by atoms with Gasteiger partial charge in [-0.2, -0.15) is 0 Å². The molecule has 0 aliphatic carbocycles. The maximum absolute atomic E-state index is 15.1. The van der Waals surface area contributed by atoms with Gasteiger partial charge in [-0.25, -0.2) is 24.3 Å². The summed E-state index contributed by atoms with van der Waals surface area (Å²) in [6, 6.07) is 27.1.